The predicted octanol–water partition coefficient (Wildman–Crippen LogP) is 3.34. The van der Waals surface area contributed by atoms with E-state index in [1.165, 1.54) is 12.3 Å². The molecular formula is C18H15ClFN3O3S2. The first kappa shape index (κ1) is 20.4. The number of rotatable bonds is 7. The molecule has 0 fully saturated rings. The number of carbonyl (C=O) groups is 1. The molecule has 0 aliphatic rings. The molecule has 0 bridgehead atoms. The van der Waals surface area contributed by atoms with Crippen molar-refractivity contribution in [3.63, 3.8) is 0 Å². The third kappa shape index (κ3) is 5.14. The van der Waals surface area contributed by atoms with Gasteiger partial charge >= 0.3 is 0 Å². The van der Waals surface area contributed by atoms with Gasteiger partial charge in [0.05, 0.1) is 16.5 Å². The summed E-state index contributed by atoms with van der Waals surface area (Å²) in [5, 5.41) is 4.41. The second-order valence-electron chi connectivity index (χ2n) is 5.71. The van der Waals surface area contributed by atoms with Crippen LogP contribution >= 0.6 is 22.9 Å². The summed E-state index contributed by atoms with van der Waals surface area (Å²) < 4.78 is 40.1. The number of sulfonamides is 1. The number of nitrogens with one attached hydrogen (secondary N) is 2. The third-order valence-corrected chi connectivity index (χ3v) is 6.29. The van der Waals surface area contributed by atoms with Gasteiger partial charge in [0.25, 0.3) is 5.91 Å². The zero-order valence-electron chi connectivity index (χ0n) is 14.4. The van der Waals surface area contributed by atoms with Gasteiger partial charge in [0.1, 0.15) is 11.5 Å². The molecule has 0 saturated heterocycles. The highest BCUT2D eigenvalue weighted by Gasteiger charge is 2.16. The van der Waals surface area contributed by atoms with Crippen molar-refractivity contribution in [1.82, 2.24) is 15.0 Å². The monoisotopic (exact) mass is 439 g/mol. The van der Waals surface area contributed by atoms with E-state index in [2.05, 4.69) is 15.0 Å². The van der Waals surface area contributed by atoms with Crippen molar-refractivity contribution in [2.45, 2.75) is 18.0 Å². The number of aromatic nitrogens is 1. The quantitative estimate of drug-likeness (QED) is 0.591. The van der Waals surface area contributed by atoms with E-state index in [0.717, 1.165) is 23.1 Å². The molecule has 146 valence electrons. The van der Waals surface area contributed by atoms with Gasteiger partial charge in [-0.15, -0.1) is 11.3 Å². The van der Waals surface area contributed by atoms with Crippen molar-refractivity contribution in [2.24, 2.45) is 0 Å². The number of pyridine rings is 1. The molecule has 1 amide bonds. The topological polar surface area (TPSA) is 88.2 Å². The van der Waals surface area contributed by atoms with Crippen LogP contribution in [-0.2, 0) is 23.1 Å². The highest BCUT2D eigenvalue weighted by molar-refractivity contribution is 7.89. The average Bonchev–Trinajstić information content (AvgIpc) is 3.20. The minimum Gasteiger partial charge on any atom is -0.346 e. The first-order valence-corrected chi connectivity index (χ1v) is 10.8. The van der Waals surface area contributed by atoms with E-state index in [1.54, 1.807) is 17.4 Å². The van der Waals surface area contributed by atoms with Gasteiger partial charge in [0.15, 0.2) is 0 Å². The van der Waals surface area contributed by atoms with Crippen molar-refractivity contribution in [2.75, 3.05) is 0 Å². The molecule has 0 aliphatic carbocycles. The van der Waals surface area contributed by atoms with E-state index in [-0.39, 0.29) is 28.1 Å². The highest BCUT2D eigenvalue weighted by Crippen LogP contribution is 2.19. The van der Waals surface area contributed by atoms with Crippen LogP contribution in [-0.4, -0.2) is 19.3 Å². The lowest BCUT2D eigenvalue weighted by Gasteiger charge is -2.08. The Kier molecular flexibility index (Phi) is 6.40. The van der Waals surface area contributed by atoms with Gasteiger partial charge in [-0.3, -0.25) is 9.78 Å². The van der Waals surface area contributed by atoms with Gasteiger partial charge < -0.3 is 5.32 Å². The van der Waals surface area contributed by atoms with Crippen molar-refractivity contribution in [1.29, 1.82) is 0 Å². The second-order valence-corrected chi connectivity index (χ2v) is 8.92. The lowest BCUT2D eigenvalue weighted by atomic mass is 10.2. The lowest BCUT2D eigenvalue weighted by Crippen LogP contribution is -2.24. The van der Waals surface area contributed by atoms with Crippen LogP contribution in [0.25, 0.3) is 0 Å². The Morgan fingerprint density at radius 3 is 2.64 bits per heavy atom. The number of hydrogen-bond acceptors (Lipinski definition) is 5. The number of benzene rings is 1. The molecular weight excluding hydrogens is 425 g/mol. The summed E-state index contributed by atoms with van der Waals surface area (Å²) in [4.78, 5) is 17.0. The fourth-order valence-electron chi connectivity index (χ4n) is 2.24. The van der Waals surface area contributed by atoms with Crippen LogP contribution in [0, 0.1) is 5.82 Å². The number of nitrogens with zero attached hydrogens (tertiary/aromatic N) is 1. The van der Waals surface area contributed by atoms with E-state index >= 15 is 0 Å². The van der Waals surface area contributed by atoms with Gasteiger partial charge in [0, 0.05) is 17.6 Å². The zero-order valence-corrected chi connectivity index (χ0v) is 16.7. The molecule has 3 rings (SSSR count). The molecule has 6 nitrogen and oxygen atoms in total. The first-order valence-electron chi connectivity index (χ1n) is 8.05. The Bertz CT molecular complexity index is 1070. The fourth-order valence-corrected chi connectivity index (χ4v) is 4.17. The molecule has 2 N–H and O–H groups in total. The highest BCUT2D eigenvalue weighted by atomic mass is 35.5. The van der Waals surface area contributed by atoms with E-state index < -0.39 is 15.8 Å². The Hall–Kier alpha value is -2.33. The SMILES string of the molecule is O=C(NCc1cccs1)c1ccc(CNS(=O)(=O)c2ccc(F)c(Cl)c2)cn1. The van der Waals surface area contributed by atoms with Gasteiger partial charge in [-0.25, -0.2) is 17.5 Å². The third-order valence-electron chi connectivity index (χ3n) is 3.73. The van der Waals surface area contributed by atoms with Crippen LogP contribution in [0.5, 0.6) is 0 Å². The van der Waals surface area contributed by atoms with Crippen molar-refractivity contribution >= 4 is 38.9 Å². The van der Waals surface area contributed by atoms with E-state index in [1.807, 2.05) is 17.5 Å². The molecule has 3 aromatic rings. The maximum Gasteiger partial charge on any atom is 0.270 e. The minimum absolute atomic E-state index is 0.0403. The number of amides is 1. The molecule has 10 heteroatoms. The summed E-state index contributed by atoms with van der Waals surface area (Å²) in [5.74, 6) is -1.01. The molecule has 1 aromatic carbocycles. The smallest absolute Gasteiger partial charge is 0.270 e. The lowest BCUT2D eigenvalue weighted by molar-refractivity contribution is 0.0946. The minimum atomic E-state index is -3.86. The van der Waals surface area contributed by atoms with Crippen LogP contribution in [0.15, 0.2) is 58.9 Å². The molecule has 28 heavy (non-hydrogen) atoms. The normalized spacial score (nSPS) is 11.4. The van der Waals surface area contributed by atoms with Crippen LogP contribution < -0.4 is 10.0 Å². The number of halogens is 2. The van der Waals surface area contributed by atoms with Gasteiger partial charge in [-0.2, -0.15) is 0 Å². The van der Waals surface area contributed by atoms with E-state index in [0.29, 0.717) is 12.1 Å². The number of carbonyl (C=O) groups excluding carboxylic acids is 1. The first-order chi connectivity index (χ1) is 13.3. The molecule has 0 radical (unpaired) electrons. The standard InChI is InChI=1S/C18H15ClFN3O3S2/c19-15-8-14(4-5-16(15)20)28(25,26)23-10-12-3-6-17(21-9-12)18(24)22-11-13-2-1-7-27-13/h1-9,23H,10-11H2,(H,22,24). The molecule has 0 saturated carbocycles. The molecule has 0 aliphatic heterocycles. The van der Waals surface area contributed by atoms with Crippen LogP contribution in [0.4, 0.5) is 4.39 Å². The summed E-state index contributed by atoms with van der Waals surface area (Å²) in [6.07, 6.45) is 1.42. The summed E-state index contributed by atoms with van der Waals surface area (Å²) in [7, 11) is -3.86. The van der Waals surface area contributed by atoms with Crippen molar-refractivity contribution < 1.29 is 17.6 Å². The molecule has 2 heterocycles. The molecule has 2 aromatic heterocycles. The maximum atomic E-state index is 13.2. The average molecular weight is 440 g/mol. The number of hydrogen-bond donors (Lipinski definition) is 2. The van der Waals surface area contributed by atoms with E-state index in [4.69, 9.17) is 11.6 Å². The zero-order chi connectivity index (χ0) is 20.1. The summed E-state index contributed by atoms with van der Waals surface area (Å²) in [6.45, 7) is 0.376. The molecule has 0 spiro atoms. The number of thiophene rings is 1. The van der Waals surface area contributed by atoms with Crippen molar-refractivity contribution in [3.05, 3.63) is 81.0 Å². The van der Waals surface area contributed by atoms with E-state index in [9.17, 15) is 17.6 Å². The summed E-state index contributed by atoms with van der Waals surface area (Å²) >= 11 is 7.17. The summed E-state index contributed by atoms with van der Waals surface area (Å²) in [5.41, 5.74) is 0.792. The van der Waals surface area contributed by atoms with Gasteiger partial charge in [-0.1, -0.05) is 23.7 Å². The second kappa shape index (κ2) is 8.78. The fraction of sp³-hybridized carbons (Fsp3) is 0.111. The van der Waals surface area contributed by atoms with Crippen LogP contribution in [0.2, 0.25) is 5.02 Å². The summed E-state index contributed by atoms with van der Waals surface area (Å²) in [6, 6.07) is 10.1. The Labute approximate surface area is 170 Å². The molecule has 0 unspecified atom stereocenters. The Morgan fingerprint density at radius 2 is 2.00 bits per heavy atom. The van der Waals surface area contributed by atoms with Crippen molar-refractivity contribution in [3.8, 4) is 0 Å². The maximum absolute atomic E-state index is 13.2. The van der Waals surface area contributed by atoms with Crippen LogP contribution in [0.3, 0.4) is 0 Å². The molecule has 0 atom stereocenters. The van der Waals surface area contributed by atoms with Gasteiger partial charge in [-0.05, 0) is 41.3 Å². The Morgan fingerprint density at radius 1 is 1.18 bits per heavy atom. The predicted molar refractivity (Wildman–Crippen MR) is 105 cm³/mol. The largest absolute Gasteiger partial charge is 0.346 e. The van der Waals surface area contributed by atoms with Gasteiger partial charge in [0.2, 0.25) is 10.0 Å². The Balaban J connectivity index is 1.59. The van der Waals surface area contributed by atoms with Crippen LogP contribution in [0.1, 0.15) is 20.9 Å².